The fraction of sp³-hybridized carbons (Fsp3) is 0.222. The van der Waals surface area contributed by atoms with Crippen LogP contribution in [0.5, 0.6) is 0 Å². The average Bonchev–Trinajstić information content (AvgIpc) is 3.25. The third kappa shape index (κ3) is 5.27. The van der Waals surface area contributed by atoms with Gasteiger partial charge in [0.2, 0.25) is 5.91 Å². The first-order valence-electron chi connectivity index (χ1n) is 11.2. The van der Waals surface area contributed by atoms with Crippen LogP contribution in [-0.2, 0) is 14.3 Å². The molecule has 0 spiro atoms. The van der Waals surface area contributed by atoms with Gasteiger partial charge < -0.3 is 9.64 Å². The van der Waals surface area contributed by atoms with Crippen molar-refractivity contribution in [3.63, 3.8) is 0 Å². The summed E-state index contributed by atoms with van der Waals surface area (Å²) in [5.41, 5.74) is 4.85. The van der Waals surface area contributed by atoms with E-state index in [-0.39, 0.29) is 37.0 Å². The largest absolute Gasteiger partial charge is 0.457 e. The van der Waals surface area contributed by atoms with Gasteiger partial charge in [-0.05, 0) is 66.4 Å². The van der Waals surface area contributed by atoms with Gasteiger partial charge in [0, 0.05) is 36.3 Å². The van der Waals surface area contributed by atoms with Crippen LogP contribution in [0.15, 0.2) is 66.7 Å². The van der Waals surface area contributed by atoms with Gasteiger partial charge in [0.1, 0.15) is 0 Å². The number of esters is 1. The van der Waals surface area contributed by atoms with E-state index in [1.165, 1.54) is 17.0 Å². The number of hydrogen-bond donors (Lipinski definition) is 0. The smallest absolute Gasteiger partial charge is 0.311 e. The lowest BCUT2D eigenvalue weighted by Gasteiger charge is -2.17. The number of hydrogen-bond acceptors (Lipinski definition) is 6. The van der Waals surface area contributed by atoms with Crippen LogP contribution in [-0.4, -0.2) is 35.7 Å². The lowest BCUT2D eigenvalue weighted by molar-refractivity contribution is -0.384. The van der Waals surface area contributed by atoms with E-state index >= 15 is 0 Å². The van der Waals surface area contributed by atoms with Gasteiger partial charge >= 0.3 is 5.97 Å². The second kappa shape index (κ2) is 9.89. The Morgan fingerprint density at radius 3 is 2.20 bits per heavy atom. The molecule has 4 rings (SSSR count). The normalized spacial score (nSPS) is 15.2. The van der Waals surface area contributed by atoms with Gasteiger partial charge in [0.05, 0.1) is 10.8 Å². The molecule has 1 atom stereocenters. The number of nitrogens with zero attached hydrogens (tertiary/aromatic N) is 2. The van der Waals surface area contributed by atoms with Crippen molar-refractivity contribution in [1.82, 2.24) is 0 Å². The lowest BCUT2D eigenvalue weighted by Crippen LogP contribution is -2.27. The van der Waals surface area contributed by atoms with Crippen molar-refractivity contribution >= 4 is 29.0 Å². The molecule has 1 saturated heterocycles. The van der Waals surface area contributed by atoms with E-state index in [2.05, 4.69) is 0 Å². The van der Waals surface area contributed by atoms with Gasteiger partial charge in [-0.1, -0.05) is 24.3 Å². The second-order valence-electron chi connectivity index (χ2n) is 8.59. The highest BCUT2D eigenvalue weighted by Gasteiger charge is 2.36. The first-order chi connectivity index (χ1) is 16.7. The highest BCUT2D eigenvalue weighted by molar-refractivity contribution is 6.01. The molecule has 0 N–H and O–H groups in total. The van der Waals surface area contributed by atoms with Crippen molar-refractivity contribution in [1.29, 1.82) is 0 Å². The molecular weight excluding hydrogens is 448 g/mol. The quantitative estimate of drug-likeness (QED) is 0.214. The first-order valence-corrected chi connectivity index (χ1v) is 11.2. The molecule has 0 radical (unpaired) electrons. The van der Waals surface area contributed by atoms with Gasteiger partial charge in [0.15, 0.2) is 12.4 Å². The van der Waals surface area contributed by atoms with Crippen LogP contribution in [0.25, 0.3) is 11.1 Å². The predicted octanol–water partition coefficient (Wildman–Crippen LogP) is 4.66. The Labute approximate surface area is 202 Å². The summed E-state index contributed by atoms with van der Waals surface area (Å²) in [4.78, 5) is 49.4. The number of carbonyl (C=O) groups excluding carboxylic acids is 3. The molecule has 0 aromatic heterocycles. The van der Waals surface area contributed by atoms with Crippen molar-refractivity contribution < 1.29 is 24.0 Å². The topological polar surface area (TPSA) is 107 Å². The van der Waals surface area contributed by atoms with E-state index in [0.29, 0.717) is 11.3 Å². The maximum absolute atomic E-state index is 12.6. The Morgan fingerprint density at radius 2 is 1.60 bits per heavy atom. The van der Waals surface area contributed by atoms with Crippen LogP contribution in [0.1, 0.15) is 27.9 Å². The first kappa shape index (κ1) is 23.8. The third-order valence-electron chi connectivity index (χ3n) is 6.22. The summed E-state index contributed by atoms with van der Waals surface area (Å²) in [6, 6.07) is 18.7. The van der Waals surface area contributed by atoms with E-state index in [1.54, 1.807) is 36.4 Å². The maximum Gasteiger partial charge on any atom is 0.311 e. The summed E-state index contributed by atoms with van der Waals surface area (Å²) in [6.07, 6.45) is 0.0147. The zero-order valence-corrected chi connectivity index (χ0v) is 19.4. The fourth-order valence-corrected chi connectivity index (χ4v) is 3.98. The van der Waals surface area contributed by atoms with Crippen LogP contribution in [0.4, 0.5) is 11.4 Å². The molecule has 0 unspecified atom stereocenters. The molecule has 0 aliphatic carbocycles. The van der Waals surface area contributed by atoms with Crippen LogP contribution in [0.2, 0.25) is 0 Å². The maximum atomic E-state index is 12.6. The summed E-state index contributed by atoms with van der Waals surface area (Å²) in [6.45, 7) is 3.67. The molecule has 1 amide bonds. The van der Waals surface area contributed by atoms with Crippen molar-refractivity contribution in [2.45, 2.75) is 20.3 Å². The number of Topliss-reactive ketones (excluding diaryl/α,β-unsaturated/α-hetero) is 1. The van der Waals surface area contributed by atoms with Crippen LogP contribution in [0, 0.1) is 29.9 Å². The molecule has 1 heterocycles. The molecule has 1 fully saturated rings. The summed E-state index contributed by atoms with van der Waals surface area (Å²) in [5, 5.41) is 10.8. The number of amides is 1. The zero-order valence-electron chi connectivity index (χ0n) is 19.4. The Kier molecular flexibility index (Phi) is 6.73. The van der Waals surface area contributed by atoms with Gasteiger partial charge in [-0.15, -0.1) is 0 Å². The van der Waals surface area contributed by atoms with E-state index in [0.717, 1.165) is 22.3 Å². The van der Waals surface area contributed by atoms with Crippen molar-refractivity contribution in [3.05, 3.63) is 93.5 Å². The van der Waals surface area contributed by atoms with Crippen LogP contribution in [0.3, 0.4) is 0 Å². The number of rotatable bonds is 7. The SMILES string of the molecule is Cc1ccc(C(=O)COC(=O)[C@H]2CC(=O)N(c3ccc(-c4ccc([N+](=O)[O-])cc4)cc3)C2)cc1C. The van der Waals surface area contributed by atoms with Crippen molar-refractivity contribution in [2.24, 2.45) is 5.92 Å². The van der Waals surface area contributed by atoms with E-state index in [1.807, 2.05) is 32.0 Å². The summed E-state index contributed by atoms with van der Waals surface area (Å²) in [5.74, 6) is -1.70. The van der Waals surface area contributed by atoms with Crippen LogP contribution < -0.4 is 4.90 Å². The van der Waals surface area contributed by atoms with Gasteiger partial charge in [-0.25, -0.2) is 0 Å². The Balaban J connectivity index is 1.36. The summed E-state index contributed by atoms with van der Waals surface area (Å²) >= 11 is 0. The molecule has 1 aliphatic heterocycles. The van der Waals surface area contributed by atoms with Gasteiger partial charge in [-0.3, -0.25) is 24.5 Å². The molecule has 8 heteroatoms. The van der Waals surface area contributed by atoms with E-state index < -0.39 is 16.8 Å². The third-order valence-corrected chi connectivity index (χ3v) is 6.22. The number of non-ortho nitro benzene ring substituents is 1. The Morgan fingerprint density at radius 1 is 0.971 bits per heavy atom. The fourth-order valence-electron chi connectivity index (χ4n) is 3.98. The zero-order chi connectivity index (χ0) is 25.1. The minimum absolute atomic E-state index is 0.0147. The predicted molar refractivity (Wildman–Crippen MR) is 130 cm³/mol. The highest BCUT2D eigenvalue weighted by Crippen LogP contribution is 2.29. The van der Waals surface area contributed by atoms with Gasteiger partial charge in [-0.2, -0.15) is 0 Å². The number of nitro benzene ring substituents is 1. The highest BCUT2D eigenvalue weighted by atomic mass is 16.6. The number of aryl methyl sites for hydroxylation is 2. The molecule has 0 bridgehead atoms. The molecular formula is C27H24N2O6. The second-order valence-corrected chi connectivity index (χ2v) is 8.59. The minimum Gasteiger partial charge on any atom is -0.457 e. The standard InChI is InChI=1S/C27H24N2O6/c1-17-3-4-21(13-18(17)2)25(30)16-35-27(32)22-14-26(31)28(15-22)23-9-5-19(6-10-23)20-7-11-24(12-8-20)29(33)34/h3-13,22H,14-16H2,1-2H3/t22-/m0/s1. The van der Waals surface area contributed by atoms with Gasteiger partial charge in [0.25, 0.3) is 5.69 Å². The molecule has 3 aromatic rings. The number of ether oxygens (including phenoxy) is 1. The molecule has 0 saturated carbocycles. The average molecular weight is 472 g/mol. The Hall–Kier alpha value is -4.33. The summed E-state index contributed by atoms with van der Waals surface area (Å²) < 4.78 is 5.23. The molecule has 3 aromatic carbocycles. The lowest BCUT2D eigenvalue weighted by atomic mass is 10.0. The number of benzene rings is 3. The van der Waals surface area contributed by atoms with E-state index in [4.69, 9.17) is 4.74 Å². The number of nitro groups is 1. The Bertz CT molecular complexity index is 1300. The molecule has 178 valence electrons. The monoisotopic (exact) mass is 472 g/mol. The van der Waals surface area contributed by atoms with Crippen molar-refractivity contribution in [2.75, 3.05) is 18.1 Å². The van der Waals surface area contributed by atoms with E-state index in [9.17, 15) is 24.5 Å². The summed E-state index contributed by atoms with van der Waals surface area (Å²) in [7, 11) is 0. The molecule has 8 nitrogen and oxygen atoms in total. The minimum atomic E-state index is -0.649. The number of carbonyl (C=O) groups is 3. The molecule has 1 aliphatic rings. The number of anilines is 1. The number of ketones is 1. The van der Waals surface area contributed by atoms with Crippen molar-refractivity contribution in [3.8, 4) is 11.1 Å². The van der Waals surface area contributed by atoms with Crippen LogP contribution >= 0.6 is 0 Å². The molecule has 35 heavy (non-hydrogen) atoms.